The molecule has 0 radical (unpaired) electrons. The fourth-order valence-electron chi connectivity index (χ4n) is 2.51. The van der Waals surface area contributed by atoms with Gasteiger partial charge in [0, 0.05) is 22.6 Å². The Kier molecular flexibility index (Phi) is 3.74. The summed E-state index contributed by atoms with van der Waals surface area (Å²) in [7, 11) is 1.56. The Bertz CT molecular complexity index is 675. The first-order chi connectivity index (χ1) is 10.1. The highest BCUT2D eigenvalue weighted by molar-refractivity contribution is 6.30. The zero-order chi connectivity index (χ0) is 15.0. The van der Waals surface area contributed by atoms with Crippen LogP contribution in [0.2, 0.25) is 5.02 Å². The van der Waals surface area contributed by atoms with Gasteiger partial charge in [-0.15, -0.1) is 0 Å². The molecule has 1 aliphatic rings. The second-order valence-electron chi connectivity index (χ2n) is 4.93. The van der Waals surface area contributed by atoms with Crippen molar-refractivity contribution in [3.8, 4) is 11.5 Å². The molecule has 0 amide bonds. The number of benzene rings is 2. The summed E-state index contributed by atoms with van der Waals surface area (Å²) >= 11 is 5.75. The molecule has 2 aromatic rings. The van der Waals surface area contributed by atoms with E-state index in [0.717, 1.165) is 0 Å². The number of ether oxygens (including phenoxy) is 2. The quantitative estimate of drug-likeness (QED) is 0.910. The van der Waals surface area contributed by atoms with Crippen molar-refractivity contribution in [2.75, 3.05) is 7.11 Å². The Morgan fingerprint density at radius 1 is 1.24 bits per heavy atom. The molecule has 0 saturated heterocycles. The van der Waals surface area contributed by atoms with E-state index < -0.39 is 18.0 Å². The van der Waals surface area contributed by atoms with Crippen LogP contribution < -0.4 is 9.47 Å². The van der Waals surface area contributed by atoms with Gasteiger partial charge in [0.1, 0.15) is 23.4 Å². The van der Waals surface area contributed by atoms with Crippen LogP contribution in [-0.2, 0) is 0 Å². The zero-order valence-corrected chi connectivity index (χ0v) is 12.1. The van der Waals surface area contributed by atoms with Crippen LogP contribution in [0.5, 0.6) is 11.5 Å². The maximum absolute atomic E-state index is 14.0. The molecule has 0 bridgehead atoms. The molecule has 1 heterocycles. The molecule has 2 aromatic carbocycles. The molecule has 1 N–H and O–H groups in total. The molecule has 3 nitrogen and oxygen atoms in total. The maximum atomic E-state index is 14.0. The van der Waals surface area contributed by atoms with Crippen LogP contribution in [0.3, 0.4) is 0 Å². The van der Waals surface area contributed by atoms with Crippen LogP contribution in [-0.4, -0.2) is 12.2 Å². The van der Waals surface area contributed by atoms with E-state index in [1.807, 2.05) is 0 Å². The van der Waals surface area contributed by atoms with Crippen LogP contribution in [0, 0.1) is 5.82 Å². The lowest BCUT2D eigenvalue weighted by molar-refractivity contribution is 0.0637. The first kappa shape index (κ1) is 14.2. The summed E-state index contributed by atoms with van der Waals surface area (Å²) < 4.78 is 24.9. The summed E-state index contributed by atoms with van der Waals surface area (Å²) in [6.07, 6.45) is -0.999. The standard InChI is InChI=1S/C16H14ClFO3/c1-20-10-3-5-15-12(7-10)14(19)8-16(21-15)11-4-2-9(17)6-13(11)18/h2-7,14,16,19H,8H2,1H3. The van der Waals surface area contributed by atoms with Gasteiger partial charge in [-0.2, -0.15) is 0 Å². The van der Waals surface area contributed by atoms with E-state index in [1.54, 1.807) is 37.4 Å². The van der Waals surface area contributed by atoms with Gasteiger partial charge < -0.3 is 14.6 Å². The number of aliphatic hydroxyl groups is 1. The molecular weight excluding hydrogens is 295 g/mol. The summed E-state index contributed by atoms with van der Waals surface area (Å²) in [6.45, 7) is 0. The second kappa shape index (κ2) is 5.54. The van der Waals surface area contributed by atoms with Crippen molar-refractivity contribution in [1.29, 1.82) is 0 Å². The lowest BCUT2D eigenvalue weighted by Crippen LogP contribution is -2.20. The Labute approximate surface area is 126 Å². The van der Waals surface area contributed by atoms with Crippen LogP contribution in [0.1, 0.15) is 29.8 Å². The van der Waals surface area contributed by atoms with Crippen LogP contribution in [0.4, 0.5) is 4.39 Å². The number of rotatable bonds is 2. The van der Waals surface area contributed by atoms with Crippen LogP contribution in [0.25, 0.3) is 0 Å². The number of hydrogen-bond acceptors (Lipinski definition) is 3. The van der Waals surface area contributed by atoms with E-state index in [4.69, 9.17) is 21.1 Å². The predicted octanol–water partition coefficient (Wildman–Crippen LogP) is 4.04. The number of hydrogen-bond donors (Lipinski definition) is 1. The van der Waals surface area contributed by atoms with E-state index in [9.17, 15) is 9.50 Å². The van der Waals surface area contributed by atoms with Crippen molar-refractivity contribution >= 4 is 11.6 Å². The molecule has 0 aliphatic carbocycles. The minimum Gasteiger partial charge on any atom is -0.497 e. The zero-order valence-electron chi connectivity index (χ0n) is 11.3. The van der Waals surface area contributed by atoms with Crippen LogP contribution >= 0.6 is 11.6 Å². The molecule has 0 fully saturated rings. The minimum atomic E-state index is -0.732. The lowest BCUT2D eigenvalue weighted by Gasteiger charge is -2.30. The number of fused-ring (bicyclic) bond motifs is 1. The van der Waals surface area contributed by atoms with Crippen molar-refractivity contribution in [1.82, 2.24) is 0 Å². The van der Waals surface area contributed by atoms with Crippen molar-refractivity contribution in [3.05, 3.63) is 58.4 Å². The smallest absolute Gasteiger partial charge is 0.131 e. The normalized spacial score (nSPS) is 20.6. The van der Waals surface area contributed by atoms with Gasteiger partial charge in [0.05, 0.1) is 13.2 Å². The Morgan fingerprint density at radius 3 is 2.76 bits per heavy atom. The first-order valence-electron chi connectivity index (χ1n) is 6.56. The average Bonchev–Trinajstić information content (AvgIpc) is 2.47. The molecule has 2 atom stereocenters. The molecule has 0 spiro atoms. The Morgan fingerprint density at radius 2 is 2.05 bits per heavy atom. The fraction of sp³-hybridized carbons (Fsp3) is 0.250. The van der Waals surface area contributed by atoms with Crippen molar-refractivity contribution < 1.29 is 19.0 Å². The molecule has 0 aromatic heterocycles. The van der Waals surface area contributed by atoms with Gasteiger partial charge in [-0.3, -0.25) is 0 Å². The number of halogens is 2. The van der Waals surface area contributed by atoms with Gasteiger partial charge in [0.25, 0.3) is 0 Å². The molecule has 1 aliphatic heterocycles. The highest BCUT2D eigenvalue weighted by atomic mass is 35.5. The summed E-state index contributed by atoms with van der Waals surface area (Å²) in [5.41, 5.74) is 1.04. The number of methoxy groups -OCH3 is 1. The van der Waals surface area contributed by atoms with Gasteiger partial charge in [-0.05, 0) is 30.3 Å². The third kappa shape index (κ3) is 2.69. The molecule has 110 valence electrons. The van der Waals surface area contributed by atoms with E-state index in [-0.39, 0.29) is 6.42 Å². The van der Waals surface area contributed by atoms with Crippen LogP contribution in [0.15, 0.2) is 36.4 Å². The Balaban J connectivity index is 1.94. The van der Waals surface area contributed by atoms with Crippen molar-refractivity contribution in [2.45, 2.75) is 18.6 Å². The summed E-state index contributed by atoms with van der Waals surface area (Å²) in [5.74, 6) is 0.748. The molecular formula is C16H14ClFO3. The minimum absolute atomic E-state index is 0.277. The van der Waals surface area contributed by atoms with E-state index in [2.05, 4.69) is 0 Å². The van der Waals surface area contributed by atoms with Gasteiger partial charge in [0.2, 0.25) is 0 Å². The molecule has 0 saturated carbocycles. The number of aliphatic hydroxyl groups excluding tert-OH is 1. The van der Waals surface area contributed by atoms with Gasteiger partial charge >= 0.3 is 0 Å². The molecule has 2 unspecified atom stereocenters. The van der Waals surface area contributed by atoms with Crippen molar-refractivity contribution in [3.63, 3.8) is 0 Å². The average molecular weight is 309 g/mol. The summed E-state index contributed by atoms with van der Waals surface area (Å²) in [5, 5.41) is 10.6. The highest BCUT2D eigenvalue weighted by Gasteiger charge is 2.30. The molecule has 5 heteroatoms. The topological polar surface area (TPSA) is 38.7 Å². The monoisotopic (exact) mass is 308 g/mol. The SMILES string of the molecule is COc1ccc2c(c1)C(O)CC(c1ccc(Cl)cc1F)O2. The van der Waals surface area contributed by atoms with Gasteiger partial charge in [-0.1, -0.05) is 17.7 Å². The largest absolute Gasteiger partial charge is 0.497 e. The van der Waals surface area contributed by atoms with E-state index >= 15 is 0 Å². The van der Waals surface area contributed by atoms with Gasteiger partial charge in [-0.25, -0.2) is 4.39 Å². The van der Waals surface area contributed by atoms with E-state index in [0.29, 0.717) is 27.6 Å². The summed E-state index contributed by atoms with van der Waals surface area (Å²) in [6, 6.07) is 9.64. The summed E-state index contributed by atoms with van der Waals surface area (Å²) in [4.78, 5) is 0. The second-order valence-corrected chi connectivity index (χ2v) is 5.36. The highest BCUT2D eigenvalue weighted by Crippen LogP contribution is 2.42. The third-order valence-electron chi connectivity index (χ3n) is 3.59. The van der Waals surface area contributed by atoms with Gasteiger partial charge in [0.15, 0.2) is 0 Å². The molecule has 21 heavy (non-hydrogen) atoms. The Hall–Kier alpha value is -1.78. The van der Waals surface area contributed by atoms with Crippen molar-refractivity contribution in [2.24, 2.45) is 0 Å². The third-order valence-corrected chi connectivity index (χ3v) is 3.83. The first-order valence-corrected chi connectivity index (χ1v) is 6.94. The lowest BCUT2D eigenvalue weighted by atomic mass is 9.94. The maximum Gasteiger partial charge on any atom is 0.131 e. The predicted molar refractivity (Wildman–Crippen MR) is 77.3 cm³/mol. The molecule has 3 rings (SSSR count). The van der Waals surface area contributed by atoms with E-state index in [1.165, 1.54) is 6.07 Å². The fourth-order valence-corrected chi connectivity index (χ4v) is 2.66.